The number of aromatic nitrogens is 4. The van der Waals surface area contributed by atoms with Gasteiger partial charge in [0, 0.05) is 30.9 Å². The highest BCUT2D eigenvalue weighted by Crippen LogP contribution is 2.18. The van der Waals surface area contributed by atoms with Crippen LogP contribution in [0, 0.1) is 5.41 Å². The molecule has 0 radical (unpaired) electrons. The molecule has 27 heavy (non-hydrogen) atoms. The Bertz CT molecular complexity index is 950. The lowest BCUT2D eigenvalue weighted by molar-refractivity contribution is -0.148. The number of nitrogens with one attached hydrogen (secondary N) is 1. The third kappa shape index (κ3) is 4.15. The van der Waals surface area contributed by atoms with Crippen LogP contribution < -0.4 is 5.73 Å². The highest BCUT2D eigenvalue weighted by molar-refractivity contribution is 5.95. The topological polar surface area (TPSA) is 140 Å². The number of benzene rings is 1. The molecular formula is C18H18N6O3. The Labute approximate surface area is 155 Å². The zero-order chi connectivity index (χ0) is 19.4. The molecule has 1 unspecified atom stereocenters. The number of imidazole rings is 1. The molecule has 0 saturated heterocycles. The van der Waals surface area contributed by atoms with Crippen LogP contribution >= 0.6 is 0 Å². The van der Waals surface area contributed by atoms with Crippen molar-refractivity contribution < 1.29 is 14.6 Å². The quantitative estimate of drug-likeness (QED) is 0.422. The largest absolute Gasteiger partial charge is 0.479 e. The Morgan fingerprint density at radius 2 is 2.00 bits per heavy atom. The summed E-state index contributed by atoms with van der Waals surface area (Å²) >= 11 is 0. The van der Waals surface area contributed by atoms with Gasteiger partial charge in [0.2, 0.25) is 0 Å². The molecule has 4 N–H and O–H groups in total. The maximum atomic E-state index is 11.0. The summed E-state index contributed by atoms with van der Waals surface area (Å²) < 4.78 is 6.59. The monoisotopic (exact) mass is 366 g/mol. The Hall–Kier alpha value is -3.59. The molecule has 3 rings (SSSR count). The number of carbonyl (C=O) groups is 1. The molecule has 3 aromatic rings. The Morgan fingerprint density at radius 3 is 2.56 bits per heavy atom. The third-order valence-electron chi connectivity index (χ3n) is 4.00. The van der Waals surface area contributed by atoms with E-state index in [1.165, 1.54) is 7.11 Å². The van der Waals surface area contributed by atoms with Crippen LogP contribution in [0.15, 0.2) is 48.9 Å². The van der Waals surface area contributed by atoms with Crippen molar-refractivity contribution in [3.63, 3.8) is 0 Å². The number of ether oxygens (including phenoxy) is 1. The number of methoxy groups -OCH3 is 1. The van der Waals surface area contributed by atoms with Gasteiger partial charge in [0.1, 0.15) is 12.2 Å². The van der Waals surface area contributed by atoms with E-state index in [-0.39, 0.29) is 12.3 Å². The average molecular weight is 366 g/mol. The molecule has 0 bridgehead atoms. The van der Waals surface area contributed by atoms with E-state index in [0.717, 1.165) is 5.56 Å². The van der Waals surface area contributed by atoms with Gasteiger partial charge in [-0.05, 0) is 12.1 Å². The number of carboxylic acids is 1. The van der Waals surface area contributed by atoms with Gasteiger partial charge < -0.3 is 15.6 Å². The van der Waals surface area contributed by atoms with E-state index in [1.807, 2.05) is 18.2 Å². The second kappa shape index (κ2) is 7.75. The maximum absolute atomic E-state index is 11.0. The third-order valence-corrected chi connectivity index (χ3v) is 4.00. The zero-order valence-electron chi connectivity index (χ0n) is 14.5. The maximum Gasteiger partial charge on any atom is 0.333 e. The number of hydrogen-bond donors (Lipinski definition) is 3. The number of nitrogen functional groups attached to an aromatic ring is 1. The van der Waals surface area contributed by atoms with Gasteiger partial charge in [0.15, 0.2) is 11.9 Å². The number of nitrogens with two attached hydrogens (primary N) is 1. The van der Waals surface area contributed by atoms with E-state index in [9.17, 15) is 4.79 Å². The summed E-state index contributed by atoms with van der Waals surface area (Å²) in [5.74, 6) is -0.466. The van der Waals surface area contributed by atoms with Gasteiger partial charge in [0.25, 0.3) is 0 Å². The zero-order valence-corrected chi connectivity index (χ0v) is 14.5. The summed E-state index contributed by atoms with van der Waals surface area (Å²) in [7, 11) is 1.35. The predicted octanol–water partition coefficient (Wildman–Crippen LogP) is 1.26. The molecular weight excluding hydrogens is 348 g/mol. The Kier molecular flexibility index (Phi) is 5.23. The van der Waals surface area contributed by atoms with E-state index in [4.69, 9.17) is 21.0 Å². The van der Waals surface area contributed by atoms with Crippen molar-refractivity contribution in [2.75, 3.05) is 7.11 Å². The minimum absolute atomic E-state index is 0.0116. The molecule has 2 heterocycles. The van der Waals surface area contributed by atoms with Crippen molar-refractivity contribution >= 4 is 11.8 Å². The Morgan fingerprint density at radius 1 is 1.26 bits per heavy atom. The van der Waals surface area contributed by atoms with E-state index >= 15 is 0 Å². The summed E-state index contributed by atoms with van der Waals surface area (Å²) in [6.07, 6.45) is 2.46. The van der Waals surface area contributed by atoms with Crippen molar-refractivity contribution in [3.05, 3.63) is 60.2 Å². The van der Waals surface area contributed by atoms with Gasteiger partial charge in [-0.2, -0.15) is 0 Å². The van der Waals surface area contributed by atoms with Gasteiger partial charge in [-0.3, -0.25) is 9.98 Å². The summed E-state index contributed by atoms with van der Waals surface area (Å²) in [5, 5.41) is 24.9. The number of amidine groups is 1. The summed E-state index contributed by atoms with van der Waals surface area (Å²) in [6, 6.07) is 10.8. The minimum Gasteiger partial charge on any atom is -0.479 e. The summed E-state index contributed by atoms with van der Waals surface area (Å²) in [5.41, 5.74) is 8.21. The van der Waals surface area contributed by atoms with Gasteiger partial charge in [0.05, 0.1) is 11.4 Å². The van der Waals surface area contributed by atoms with Crippen molar-refractivity contribution in [3.8, 4) is 17.1 Å². The van der Waals surface area contributed by atoms with Crippen LogP contribution in [0.1, 0.15) is 11.3 Å². The molecule has 9 heteroatoms. The van der Waals surface area contributed by atoms with Crippen molar-refractivity contribution in [2.24, 2.45) is 5.73 Å². The lowest BCUT2D eigenvalue weighted by Crippen LogP contribution is -2.24. The first-order valence-electron chi connectivity index (χ1n) is 8.05. The first-order chi connectivity index (χ1) is 13.0. The van der Waals surface area contributed by atoms with Gasteiger partial charge in [-0.1, -0.05) is 24.3 Å². The van der Waals surface area contributed by atoms with Crippen LogP contribution in [0.4, 0.5) is 0 Å². The highest BCUT2D eigenvalue weighted by atomic mass is 16.5. The minimum atomic E-state index is -1.04. The molecule has 0 amide bonds. The van der Waals surface area contributed by atoms with Crippen LogP contribution in [-0.2, 0) is 16.0 Å². The molecule has 0 aliphatic heterocycles. The molecule has 0 spiro atoms. The van der Waals surface area contributed by atoms with Crippen LogP contribution in [0.3, 0.4) is 0 Å². The molecule has 0 fully saturated rings. The van der Waals surface area contributed by atoms with Crippen molar-refractivity contribution in [2.45, 2.75) is 12.5 Å². The Balaban J connectivity index is 1.75. The number of rotatable bonds is 7. The molecule has 0 aliphatic rings. The van der Waals surface area contributed by atoms with Crippen LogP contribution in [0.25, 0.3) is 17.1 Å². The smallest absolute Gasteiger partial charge is 0.333 e. The molecule has 1 atom stereocenters. The standard InChI is InChI=1S/C18H18N6O3/c1-27-15(18(25)26)8-13-9-24(10-21-13)16-7-6-14(22-23-16)11-2-4-12(5-3-11)17(19)20/h2-7,9-10,15H,8H2,1H3,(H3,19,20)(H,25,26). The molecule has 0 aliphatic carbocycles. The summed E-state index contributed by atoms with van der Waals surface area (Å²) in [4.78, 5) is 15.2. The second-order valence-corrected chi connectivity index (χ2v) is 5.81. The molecule has 0 saturated carbocycles. The van der Waals surface area contributed by atoms with Gasteiger partial charge in [-0.15, -0.1) is 10.2 Å². The summed E-state index contributed by atoms with van der Waals surface area (Å²) in [6.45, 7) is 0. The first-order valence-corrected chi connectivity index (χ1v) is 8.05. The lowest BCUT2D eigenvalue weighted by atomic mass is 10.1. The fraction of sp³-hybridized carbons (Fsp3) is 0.167. The molecule has 2 aromatic heterocycles. The van der Waals surface area contributed by atoms with E-state index in [0.29, 0.717) is 22.8 Å². The van der Waals surface area contributed by atoms with Gasteiger partial charge in [-0.25, -0.2) is 9.78 Å². The highest BCUT2D eigenvalue weighted by Gasteiger charge is 2.18. The SMILES string of the molecule is COC(Cc1cn(-c2ccc(-c3ccc(C(=N)N)cc3)nn2)cn1)C(=O)O. The van der Waals surface area contributed by atoms with E-state index in [1.54, 1.807) is 35.3 Å². The average Bonchev–Trinajstić information content (AvgIpc) is 3.14. The molecule has 9 nitrogen and oxygen atoms in total. The van der Waals surface area contributed by atoms with Crippen molar-refractivity contribution in [1.29, 1.82) is 5.41 Å². The molecule has 1 aromatic carbocycles. The number of nitrogens with zero attached hydrogens (tertiary/aromatic N) is 4. The second-order valence-electron chi connectivity index (χ2n) is 5.81. The first kappa shape index (κ1) is 18.2. The van der Waals surface area contributed by atoms with Gasteiger partial charge >= 0.3 is 5.97 Å². The van der Waals surface area contributed by atoms with Crippen LogP contribution in [0.2, 0.25) is 0 Å². The molecule has 138 valence electrons. The predicted molar refractivity (Wildman–Crippen MR) is 97.7 cm³/mol. The lowest BCUT2D eigenvalue weighted by Gasteiger charge is -2.07. The van der Waals surface area contributed by atoms with Crippen LogP contribution in [0.5, 0.6) is 0 Å². The fourth-order valence-corrected chi connectivity index (χ4v) is 2.49. The fourth-order valence-electron chi connectivity index (χ4n) is 2.49. The number of aliphatic carboxylic acids is 1. The van der Waals surface area contributed by atoms with E-state index < -0.39 is 12.1 Å². The van der Waals surface area contributed by atoms with Crippen LogP contribution in [-0.4, -0.2) is 49.9 Å². The number of carboxylic acid groups (broad SMARTS) is 1. The number of hydrogen-bond acceptors (Lipinski definition) is 6. The normalized spacial score (nSPS) is 11.9. The van der Waals surface area contributed by atoms with E-state index in [2.05, 4.69) is 15.2 Å². The van der Waals surface area contributed by atoms with Crippen molar-refractivity contribution in [1.82, 2.24) is 19.7 Å².